The van der Waals surface area contributed by atoms with E-state index in [0.717, 1.165) is 24.6 Å². The molecule has 2 atom stereocenters. The molecule has 146 valence electrons. The SMILES string of the molecule is O=C(COc1ccccc1F)N1CC2CN(c3ccc(C4CC4)nn3)CC2C1. The molecule has 0 N–H and O–H groups in total. The second-order valence-corrected chi connectivity index (χ2v) is 8.03. The number of nitrogens with zero attached hydrogens (tertiary/aromatic N) is 4. The smallest absolute Gasteiger partial charge is 0.260 e. The lowest BCUT2D eigenvalue weighted by Crippen LogP contribution is -2.36. The van der Waals surface area contributed by atoms with Crippen LogP contribution in [0, 0.1) is 17.7 Å². The van der Waals surface area contributed by atoms with Gasteiger partial charge >= 0.3 is 0 Å². The Labute approximate surface area is 163 Å². The lowest BCUT2D eigenvalue weighted by atomic mass is 10.0. The van der Waals surface area contributed by atoms with Gasteiger partial charge in [0, 0.05) is 43.9 Å². The molecule has 3 heterocycles. The summed E-state index contributed by atoms with van der Waals surface area (Å²) in [6.07, 6.45) is 2.46. The van der Waals surface area contributed by atoms with Crippen molar-refractivity contribution in [3.05, 3.63) is 47.9 Å². The molecule has 3 fully saturated rings. The fraction of sp³-hybridized carbons (Fsp3) is 0.476. The molecule has 5 rings (SSSR count). The number of rotatable bonds is 5. The largest absolute Gasteiger partial charge is 0.481 e. The fourth-order valence-electron chi connectivity index (χ4n) is 4.28. The van der Waals surface area contributed by atoms with Crippen molar-refractivity contribution in [1.82, 2.24) is 15.1 Å². The maximum atomic E-state index is 13.6. The van der Waals surface area contributed by atoms with Crippen LogP contribution in [0.25, 0.3) is 0 Å². The van der Waals surface area contributed by atoms with Crippen molar-refractivity contribution in [1.29, 1.82) is 0 Å². The predicted octanol–water partition coefficient (Wildman–Crippen LogP) is 2.47. The van der Waals surface area contributed by atoms with Gasteiger partial charge in [-0.05, 0) is 37.1 Å². The Morgan fingerprint density at radius 2 is 1.79 bits per heavy atom. The van der Waals surface area contributed by atoms with Crippen LogP contribution in [0.4, 0.5) is 10.2 Å². The molecule has 1 aliphatic carbocycles. The zero-order valence-electron chi connectivity index (χ0n) is 15.6. The van der Waals surface area contributed by atoms with Crippen molar-refractivity contribution in [2.24, 2.45) is 11.8 Å². The summed E-state index contributed by atoms with van der Waals surface area (Å²) in [5, 5.41) is 8.79. The van der Waals surface area contributed by atoms with Gasteiger partial charge in [0.1, 0.15) is 0 Å². The lowest BCUT2D eigenvalue weighted by molar-refractivity contribution is -0.132. The third-order valence-electron chi connectivity index (χ3n) is 6.02. The van der Waals surface area contributed by atoms with Crippen LogP contribution in [-0.2, 0) is 4.79 Å². The standard InChI is InChI=1S/C21H23FN4O2/c22-17-3-1-2-4-19(17)28-13-21(27)26-11-15-9-25(10-16(15)12-26)20-8-7-18(23-24-20)14-5-6-14/h1-4,7-8,14-16H,5-6,9-13H2. The molecule has 1 aromatic heterocycles. The van der Waals surface area contributed by atoms with Crippen LogP contribution < -0.4 is 9.64 Å². The average molecular weight is 382 g/mol. The van der Waals surface area contributed by atoms with Gasteiger partial charge in [0.15, 0.2) is 24.0 Å². The number of carbonyl (C=O) groups is 1. The summed E-state index contributed by atoms with van der Waals surface area (Å²) in [7, 11) is 0. The zero-order valence-corrected chi connectivity index (χ0v) is 15.6. The summed E-state index contributed by atoms with van der Waals surface area (Å²) in [4.78, 5) is 16.6. The van der Waals surface area contributed by atoms with Crippen molar-refractivity contribution in [3.63, 3.8) is 0 Å². The number of aromatic nitrogens is 2. The number of carbonyl (C=O) groups excluding carboxylic acids is 1. The van der Waals surface area contributed by atoms with E-state index in [-0.39, 0.29) is 18.3 Å². The Bertz CT molecular complexity index is 857. The van der Waals surface area contributed by atoms with Crippen molar-refractivity contribution in [2.45, 2.75) is 18.8 Å². The maximum Gasteiger partial charge on any atom is 0.260 e. The number of para-hydroxylation sites is 1. The first-order valence-corrected chi connectivity index (χ1v) is 9.91. The van der Waals surface area contributed by atoms with Gasteiger partial charge in [-0.15, -0.1) is 5.10 Å². The molecular weight excluding hydrogens is 359 g/mol. The summed E-state index contributed by atoms with van der Waals surface area (Å²) in [6, 6.07) is 10.3. The number of halogens is 1. The third kappa shape index (κ3) is 3.41. The summed E-state index contributed by atoms with van der Waals surface area (Å²) in [5.74, 6) is 2.00. The highest BCUT2D eigenvalue weighted by molar-refractivity contribution is 5.78. The highest BCUT2D eigenvalue weighted by atomic mass is 19.1. The number of likely N-dealkylation sites (tertiary alicyclic amines) is 1. The van der Waals surface area contributed by atoms with Crippen molar-refractivity contribution in [2.75, 3.05) is 37.7 Å². The molecule has 1 amide bonds. The Hall–Kier alpha value is -2.70. The van der Waals surface area contributed by atoms with Crippen LogP contribution in [0.1, 0.15) is 24.5 Å². The first-order chi connectivity index (χ1) is 13.7. The fourth-order valence-corrected chi connectivity index (χ4v) is 4.28. The van der Waals surface area contributed by atoms with Crippen LogP contribution in [0.3, 0.4) is 0 Å². The molecule has 0 radical (unpaired) electrons. The van der Waals surface area contributed by atoms with E-state index in [4.69, 9.17) is 4.74 Å². The Morgan fingerprint density at radius 3 is 2.43 bits per heavy atom. The van der Waals surface area contributed by atoms with Crippen LogP contribution >= 0.6 is 0 Å². The molecule has 1 aromatic carbocycles. The summed E-state index contributed by atoms with van der Waals surface area (Å²) >= 11 is 0. The van der Waals surface area contributed by atoms with E-state index < -0.39 is 5.82 Å². The van der Waals surface area contributed by atoms with Crippen molar-refractivity contribution < 1.29 is 13.9 Å². The van der Waals surface area contributed by atoms with E-state index in [1.807, 2.05) is 4.90 Å². The summed E-state index contributed by atoms with van der Waals surface area (Å²) < 4.78 is 19.0. The maximum absolute atomic E-state index is 13.6. The Morgan fingerprint density at radius 1 is 1.04 bits per heavy atom. The molecule has 2 saturated heterocycles. The molecule has 7 heteroatoms. The van der Waals surface area contributed by atoms with Gasteiger partial charge in [0.2, 0.25) is 0 Å². The average Bonchev–Trinajstić information content (AvgIpc) is 3.37. The number of fused-ring (bicyclic) bond motifs is 1. The monoisotopic (exact) mass is 382 g/mol. The first-order valence-electron chi connectivity index (χ1n) is 9.91. The second-order valence-electron chi connectivity index (χ2n) is 8.03. The molecule has 1 saturated carbocycles. The highest BCUT2D eigenvalue weighted by Crippen LogP contribution is 2.39. The molecule has 28 heavy (non-hydrogen) atoms. The van der Waals surface area contributed by atoms with Gasteiger partial charge in [0.05, 0.1) is 5.69 Å². The van der Waals surface area contributed by atoms with E-state index in [0.29, 0.717) is 30.8 Å². The van der Waals surface area contributed by atoms with Crippen LogP contribution in [0.2, 0.25) is 0 Å². The normalized spacial score (nSPS) is 23.8. The van der Waals surface area contributed by atoms with Crippen LogP contribution in [-0.4, -0.2) is 53.8 Å². The minimum atomic E-state index is -0.446. The molecule has 0 bridgehead atoms. The number of hydrogen-bond donors (Lipinski definition) is 0. The molecule has 0 spiro atoms. The van der Waals surface area contributed by atoms with E-state index >= 15 is 0 Å². The molecule has 2 unspecified atom stereocenters. The van der Waals surface area contributed by atoms with Crippen LogP contribution in [0.5, 0.6) is 5.75 Å². The van der Waals surface area contributed by atoms with Crippen molar-refractivity contribution >= 4 is 11.7 Å². The summed E-state index contributed by atoms with van der Waals surface area (Å²) in [6.45, 7) is 3.08. The Balaban J connectivity index is 1.14. The minimum Gasteiger partial charge on any atom is -0.481 e. The van der Waals surface area contributed by atoms with Gasteiger partial charge in [-0.3, -0.25) is 4.79 Å². The number of anilines is 1. The number of hydrogen-bond acceptors (Lipinski definition) is 5. The van der Waals surface area contributed by atoms with Gasteiger partial charge in [0.25, 0.3) is 5.91 Å². The van der Waals surface area contributed by atoms with E-state index in [1.54, 1.807) is 12.1 Å². The van der Waals surface area contributed by atoms with E-state index in [2.05, 4.69) is 27.2 Å². The molecule has 6 nitrogen and oxygen atoms in total. The molecule has 3 aliphatic rings. The van der Waals surface area contributed by atoms with Crippen molar-refractivity contribution in [3.8, 4) is 5.75 Å². The first kappa shape index (κ1) is 17.4. The van der Waals surface area contributed by atoms with E-state index in [1.165, 1.54) is 25.0 Å². The zero-order chi connectivity index (χ0) is 19.1. The van der Waals surface area contributed by atoms with Gasteiger partial charge < -0.3 is 14.5 Å². The number of amides is 1. The highest BCUT2D eigenvalue weighted by Gasteiger charge is 2.42. The second kappa shape index (κ2) is 7.04. The number of benzene rings is 1. The Kier molecular flexibility index (Phi) is 4.37. The van der Waals surface area contributed by atoms with Gasteiger partial charge in [-0.1, -0.05) is 12.1 Å². The predicted molar refractivity (Wildman–Crippen MR) is 102 cm³/mol. The quantitative estimate of drug-likeness (QED) is 0.795. The lowest BCUT2D eigenvalue weighted by Gasteiger charge is -2.22. The topological polar surface area (TPSA) is 58.6 Å². The summed E-state index contributed by atoms with van der Waals surface area (Å²) in [5.41, 5.74) is 1.11. The van der Waals surface area contributed by atoms with Gasteiger partial charge in [-0.2, -0.15) is 5.10 Å². The van der Waals surface area contributed by atoms with Gasteiger partial charge in [-0.25, -0.2) is 4.39 Å². The molecular formula is C21H23FN4O2. The molecule has 2 aromatic rings. The van der Waals surface area contributed by atoms with Crippen LogP contribution in [0.15, 0.2) is 36.4 Å². The molecule has 2 aliphatic heterocycles. The van der Waals surface area contributed by atoms with E-state index in [9.17, 15) is 9.18 Å². The third-order valence-corrected chi connectivity index (χ3v) is 6.02. The minimum absolute atomic E-state index is 0.0854. The number of ether oxygens (including phenoxy) is 1.